The third kappa shape index (κ3) is 13.4. The van der Waals surface area contributed by atoms with Crippen molar-refractivity contribution >= 4 is 0 Å². The number of rotatable bonds is 21. The molecule has 1 aliphatic carbocycles. The molecule has 5 saturated heterocycles. The van der Waals surface area contributed by atoms with Crippen molar-refractivity contribution in [1.82, 2.24) is 0 Å². The zero-order valence-corrected chi connectivity index (χ0v) is 43.5. The number of aliphatic hydroxyl groups excluding tert-OH is 17. The Morgan fingerprint density at radius 3 is 1.23 bits per heavy atom. The van der Waals surface area contributed by atoms with Crippen LogP contribution in [0.3, 0.4) is 0 Å². The van der Waals surface area contributed by atoms with Crippen molar-refractivity contribution < 1.29 is 134 Å². The Kier molecular flexibility index (Phi) is 22.2. The fraction of sp³-hybridized carbons (Fsp3) is 0.804. The maximum absolute atomic E-state index is 12.2. The van der Waals surface area contributed by atoms with Crippen LogP contribution in [-0.2, 0) is 44.3 Å². The highest BCUT2D eigenvalue weighted by Gasteiger charge is 2.56. The first-order valence-electron chi connectivity index (χ1n) is 26.4. The van der Waals surface area contributed by atoms with Gasteiger partial charge in [-0.3, -0.25) is 0 Å². The van der Waals surface area contributed by atoms with Crippen molar-refractivity contribution in [3.8, 4) is 11.5 Å². The summed E-state index contributed by atoms with van der Waals surface area (Å²) in [5, 5.41) is 184. The largest absolute Gasteiger partial charge is 0.462 e. The van der Waals surface area contributed by atoms with Crippen LogP contribution in [0.4, 0.5) is 0 Å². The van der Waals surface area contributed by atoms with Crippen LogP contribution in [0.25, 0.3) is 0 Å². The SMILES string of the molecule is C=C(C)[C@@H]1CCC(C)=C[C@H]1c1c(O[C@H]2O[C@@H](CO)[C@H](O)[C@@H](O[C@H]3O[C@@H](CO)[C@H](O)[C@@H](O[C@H]4O[C@@H](CO)[C@H](O)[C@@H](O)[C@@H]4O)[C@@H]3O)[C@@H]2O)cc(CCCCC)cc1O[C@@H]1O[C@H](CO)[C@@H](O)[C@H](O[C@@H]2O[C@H](CO)[C@@H](O)[C@H](O)[C@H]2O)[C@H]1O. The minimum absolute atomic E-state index is 0.000602. The average molecular weight is 1130 g/mol. The molecule has 0 saturated carbocycles. The maximum Gasteiger partial charge on any atom is 0.229 e. The molecule has 1 aromatic carbocycles. The zero-order chi connectivity index (χ0) is 57.0. The van der Waals surface area contributed by atoms with E-state index in [1.165, 1.54) is 0 Å². The van der Waals surface area contributed by atoms with E-state index in [0.29, 0.717) is 31.2 Å². The lowest BCUT2D eigenvalue weighted by Crippen LogP contribution is -2.67. The summed E-state index contributed by atoms with van der Waals surface area (Å²) in [5.41, 5.74) is 2.54. The molecule has 17 N–H and O–H groups in total. The number of hydrogen-bond donors (Lipinski definition) is 17. The molecule has 5 heterocycles. The van der Waals surface area contributed by atoms with Gasteiger partial charge in [-0.05, 0) is 63.1 Å². The second-order valence-electron chi connectivity index (χ2n) is 21.0. The smallest absolute Gasteiger partial charge is 0.229 e. The van der Waals surface area contributed by atoms with Crippen LogP contribution in [-0.4, -0.2) is 273 Å². The fourth-order valence-electron chi connectivity index (χ4n) is 10.8. The minimum Gasteiger partial charge on any atom is -0.462 e. The summed E-state index contributed by atoms with van der Waals surface area (Å²) in [4.78, 5) is 0. The van der Waals surface area contributed by atoms with E-state index >= 15 is 0 Å². The van der Waals surface area contributed by atoms with E-state index in [9.17, 15) is 86.8 Å². The number of aliphatic hydroxyl groups is 17. The molecule has 0 aromatic heterocycles. The number of ether oxygens (including phenoxy) is 10. The molecule has 0 radical (unpaired) electrons. The van der Waals surface area contributed by atoms with Gasteiger partial charge in [-0.2, -0.15) is 0 Å². The van der Waals surface area contributed by atoms with Gasteiger partial charge in [-0.1, -0.05) is 43.6 Å². The molecule has 0 bridgehead atoms. The first kappa shape index (κ1) is 62.9. The van der Waals surface area contributed by atoms with Gasteiger partial charge in [-0.15, -0.1) is 0 Å². The van der Waals surface area contributed by atoms with Crippen molar-refractivity contribution in [2.24, 2.45) is 5.92 Å². The van der Waals surface area contributed by atoms with Crippen molar-refractivity contribution in [2.45, 2.75) is 219 Å². The van der Waals surface area contributed by atoms with Crippen LogP contribution >= 0.6 is 0 Å². The van der Waals surface area contributed by atoms with Gasteiger partial charge in [0.15, 0.2) is 18.9 Å². The summed E-state index contributed by atoms with van der Waals surface area (Å²) in [5.74, 6) is -0.943. The predicted molar refractivity (Wildman–Crippen MR) is 260 cm³/mol. The quantitative estimate of drug-likeness (QED) is 0.0403. The number of benzene rings is 1. The van der Waals surface area contributed by atoms with Crippen LogP contribution in [0.15, 0.2) is 35.9 Å². The lowest BCUT2D eigenvalue weighted by Gasteiger charge is -2.48. The van der Waals surface area contributed by atoms with Crippen molar-refractivity contribution in [3.63, 3.8) is 0 Å². The highest BCUT2D eigenvalue weighted by molar-refractivity contribution is 5.53. The molecule has 78 heavy (non-hydrogen) atoms. The van der Waals surface area contributed by atoms with Crippen LogP contribution in [0.1, 0.15) is 69.9 Å². The first-order chi connectivity index (χ1) is 37.1. The van der Waals surface area contributed by atoms with Crippen molar-refractivity contribution in [1.29, 1.82) is 0 Å². The predicted octanol–water partition coefficient (Wildman–Crippen LogP) is -5.73. The Bertz CT molecular complexity index is 2100. The maximum atomic E-state index is 12.2. The third-order valence-electron chi connectivity index (χ3n) is 15.5. The van der Waals surface area contributed by atoms with Crippen molar-refractivity contribution in [3.05, 3.63) is 47.1 Å². The number of aryl methyl sites for hydroxylation is 1. The molecule has 0 unspecified atom stereocenters. The first-order valence-corrected chi connectivity index (χ1v) is 26.4. The lowest BCUT2D eigenvalue weighted by atomic mass is 9.73. The van der Waals surface area contributed by atoms with E-state index in [2.05, 4.69) is 6.58 Å². The van der Waals surface area contributed by atoms with Crippen LogP contribution < -0.4 is 9.47 Å². The second-order valence-corrected chi connectivity index (χ2v) is 21.0. The fourth-order valence-corrected chi connectivity index (χ4v) is 10.8. The van der Waals surface area contributed by atoms with E-state index in [-0.39, 0.29) is 23.0 Å². The Balaban J connectivity index is 1.25. The topological polar surface area (TPSA) is 436 Å². The summed E-state index contributed by atoms with van der Waals surface area (Å²) in [6.07, 6.45) is -39.6. The number of allylic oxidation sites excluding steroid dienone is 3. The molecule has 5 aliphatic heterocycles. The van der Waals surface area contributed by atoms with Crippen LogP contribution in [0.2, 0.25) is 0 Å². The van der Waals surface area contributed by atoms with Gasteiger partial charge in [-0.25, -0.2) is 0 Å². The zero-order valence-electron chi connectivity index (χ0n) is 43.5. The average Bonchev–Trinajstić information content (AvgIpc) is 3.46. The summed E-state index contributed by atoms with van der Waals surface area (Å²) >= 11 is 0. The van der Waals surface area contributed by atoms with Crippen LogP contribution in [0, 0.1) is 5.92 Å². The molecular formula is C51H80O27. The highest BCUT2D eigenvalue weighted by Crippen LogP contribution is 2.49. The normalized spacial score (nSPS) is 44.4. The molecule has 7 rings (SSSR count). The molecular weight excluding hydrogens is 1040 g/mol. The van der Waals surface area contributed by atoms with E-state index in [4.69, 9.17) is 47.4 Å². The number of hydrogen-bond acceptors (Lipinski definition) is 27. The van der Waals surface area contributed by atoms with E-state index in [1.54, 1.807) is 12.1 Å². The van der Waals surface area contributed by atoms with Gasteiger partial charge in [0.1, 0.15) is 134 Å². The van der Waals surface area contributed by atoms with E-state index < -0.39 is 192 Å². The van der Waals surface area contributed by atoms with Gasteiger partial charge in [0.25, 0.3) is 0 Å². The second kappa shape index (κ2) is 27.6. The van der Waals surface area contributed by atoms with Gasteiger partial charge in [0, 0.05) is 11.5 Å². The van der Waals surface area contributed by atoms with Gasteiger partial charge in [0.2, 0.25) is 12.6 Å². The monoisotopic (exact) mass is 1120 g/mol. The molecule has 27 atom stereocenters. The molecule has 446 valence electrons. The Labute approximate surface area is 449 Å². The van der Waals surface area contributed by atoms with Crippen LogP contribution in [0.5, 0.6) is 11.5 Å². The molecule has 27 heteroatoms. The number of unbranched alkanes of at least 4 members (excludes halogenated alkanes) is 2. The summed E-state index contributed by atoms with van der Waals surface area (Å²) in [6, 6.07) is 3.34. The molecule has 0 spiro atoms. The lowest BCUT2D eigenvalue weighted by molar-refractivity contribution is -0.378. The standard InChI is InChI=1S/C51H80O27/c1-5-6-7-8-21-12-24(69-49-41(66)44(34(59)28(16-54)73-49)76-47-39(64)37(62)32(57)26(14-52)71-47)31(23-11-20(4)9-10-22(23)19(2)3)25(13-21)70-50-42(67)45(35(60)29(17-55)74-50)78-51-43(68)46(36(61)30(18-56)75-51)77-48-40(65)38(63)33(58)27(15-53)72-48/h11-13,22-23,26-30,32-68H,2,5-10,14-18H2,1,3-4H3/t22-,23+,26+,27-,28+,29-,30-,32+,33-,34+,35-,36-,37-,38+,39+,40-,41+,42-,43-,44-,45+,46+,47-,48+,49+,50-,51+/m0/s1. The Morgan fingerprint density at radius 2 is 0.859 bits per heavy atom. The van der Waals surface area contributed by atoms with Gasteiger partial charge < -0.3 is 134 Å². The summed E-state index contributed by atoms with van der Waals surface area (Å²) in [7, 11) is 0. The van der Waals surface area contributed by atoms with Crippen molar-refractivity contribution in [2.75, 3.05) is 33.0 Å². The summed E-state index contributed by atoms with van der Waals surface area (Å²) < 4.78 is 59.6. The highest BCUT2D eigenvalue weighted by atomic mass is 16.8. The van der Waals surface area contributed by atoms with Gasteiger partial charge in [0.05, 0.1) is 33.0 Å². The van der Waals surface area contributed by atoms with E-state index in [0.717, 1.165) is 24.0 Å². The molecule has 1 aromatic rings. The Morgan fingerprint density at radius 1 is 0.500 bits per heavy atom. The minimum atomic E-state index is -2.10. The summed E-state index contributed by atoms with van der Waals surface area (Å²) in [6.45, 7) is 5.69. The van der Waals surface area contributed by atoms with E-state index in [1.807, 2.05) is 26.8 Å². The molecule has 27 nitrogen and oxygen atoms in total. The Hall–Kier alpha value is -2.70. The van der Waals surface area contributed by atoms with Gasteiger partial charge >= 0.3 is 0 Å². The molecule has 0 amide bonds. The molecule has 6 aliphatic rings. The molecule has 5 fully saturated rings. The third-order valence-corrected chi connectivity index (χ3v) is 15.5.